The molecule has 252 valence electrons. The number of rotatable bonds is 2. The molecule has 0 saturated carbocycles. The molecule has 0 aliphatic heterocycles. The largest absolute Gasteiger partial charge is 0.456 e. The summed E-state index contributed by atoms with van der Waals surface area (Å²) in [6.45, 7) is 0. The molecule has 2 nitrogen and oxygen atoms in total. The molecule has 0 fully saturated rings. The summed E-state index contributed by atoms with van der Waals surface area (Å²) in [4.78, 5) is 0. The first kappa shape index (κ1) is 30.0. The molecule has 0 saturated heterocycles. The molecule has 55 heavy (non-hydrogen) atoms. The maximum atomic E-state index is 9.54. The van der Waals surface area contributed by atoms with Gasteiger partial charge in [0.05, 0.1) is 11.6 Å². The first-order valence-electron chi connectivity index (χ1n) is 18.7. The Labute approximate surface area is 315 Å². The number of hydrogen-bond donors (Lipinski definition) is 0. The average Bonchev–Trinajstić information content (AvgIpc) is 3.63. The SMILES string of the molecule is N#Cc1ccc2ccc3ccc(-c4ccc(-c5ccc6c(c5)c5ccccc5c5cc7c(cc65)oc5ccc6ccc8ccccc8c6c57)cc4)cc3c2c1. The van der Waals surface area contributed by atoms with Gasteiger partial charge >= 0.3 is 0 Å². The Morgan fingerprint density at radius 1 is 0.309 bits per heavy atom. The van der Waals surface area contributed by atoms with Crippen molar-refractivity contribution in [2.75, 3.05) is 0 Å². The number of nitrogens with zero attached hydrogens (tertiary/aromatic N) is 1. The van der Waals surface area contributed by atoms with Crippen molar-refractivity contribution in [1.82, 2.24) is 0 Å². The molecule has 0 aliphatic rings. The van der Waals surface area contributed by atoms with Gasteiger partial charge in [-0.25, -0.2) is 0 Å². The van der Waals surface area contributed by atoms with Gasteiger partial charge in [0.1, 0.15) is 11.2 Å². The van der Waals surface area contributed by atoms with Crippen molar-refractivity contribution in [3.8, 4) is 28.3 Å². The molecule has 0 bridgehead atoms. The number of benzene rings is 11. The molecule has 2 heteroatoms. The Morgan fingerprint density at radius 3 is 1.56 bits per heavy atom. The van der Waals surface area contributed by atoms with Gasteiger partial charge in [-0.15, -0.1) is 0 Å². The molecule has 0 radical (unpaired) electrons. The predicted octanol–water partition coefficient (Wildman–Crippen LogP) is 14.9. The predicted molar refractivity (Wildman–Crippen MR) is 232 cm³/mol. The van der Waals surface area contributed by atoms with E-state index in [2.05, 4.69) is 164 Å². The van der Waals surface area contributed by atoms with Crippen LogP contribution < -0.4 is 0 Å². The third kappa shape index (κ3) is 4.42. The average molecular weight is 696 g/mol. The van der Waals surface area contributed by atoms with Gasteiger partial charge in [0, 0.05) is 16.2 Å². The molecule has 11 aromatic carbocycles. The van der Waals surface area contributed by atoms with E-state index in [1.165, 1.54) is 75.8 Å². The van der Waals surface area contributed by atoms with Crippen molar-refractivity contribution in [3.63, 3.8) is 0 Å². The fourth-order valence-electron chi connectivity index (χ4n) is 9.14. The van der Waals surface area contributed by atoms with Gasteiger partial charge in [-0.3, -0.25) is 0 Å². The number of furan rings is 1. The minimum atomic E-state index is 0.677. The van der Waals surface area contributed by atoms with Crippen LogP contribution in [0.5, 0.6) is 0 Å². The Bertz CT molecular complexity index is 3660. The van der Waals surface area contributed by atoms with Gasteiger partial charge in [-0.1, -0.05) is 133 Å². The molecule has 0 unspecified atom stereocenters. The molecule has 0 spiro atoms. The molecule has 0 aliphatic carbocycles. The second-order valence-corrected chi connectivity index (χ2v) is 14.8. The van der Waals surface area contributed by atoms with Crippen LogP contribution in [0.3, 0.4) is 0 Å². The summed E-state index contributed by atoms with van der Waals surface area (Å²) < 4.78 is 6.66. The smallest absolute Gasteiger partial charge is 0.136 e. The maximum Gasteiger partial charge on any atom is 0.136 e. The second kappa shape index (κ2) is 11.3. The number of nitriles is 1. The highest BCUT2D eigenvalue weighted by molar-refractivity contribution is 6.32. The van der Waals surface area contributed by atoms with Crippen LogP contribution in [0.4, 0.5) is 0 Å². The zero-order valence-electron chi connectivity index (χ0n) is 29.6. The van der Waals surface area contributed by atoms with Crippen LogP contribution in [0.2, 0.25) is 0 Å². The van der Waals surface area contributed by atoms with E-state index in [1.54, 1.807) is 0 Å². The van der Waals surface area contributed by atoms with Gasteiger partial charge in [-0.2, -0.15) is 5.26 Å². The third-order valence-corrected chi connectivity index (χ3v) is 11.8. The van der Waals surface area contributed by atoms with Crippen LogP contribution in [-0.4, -0.2) is 0 Å². The minimum Gasteiger partial charge on any atom is -0.456 e. The van der Waals surface area contributed by atoms with Crippen molar-refractivity contribution in [2.45, 2.75) is 0 Å². The first-order valence-corrected chi connectivity index (χ1v) is 18.7. The molecular formula is C53H29NO. The number of fused-ring (bicyclic) bond motifs is 16. The lowest BCUT2D eigenvalue weighted by Gasteiger charge is -2.13. The third-order valence-electron chi connectivity index (χ3n) is 11.8. The molecular weight excluding hydrogens is 667 g/mol. The highest BCUT2D eigenvalue weighted by Gasteiger charge is 2.17. The standard InChI is InChI=1S/C53H29NO/c54-30-31-9-10-35-15-16-36-18-20-38(26-45(36)44(35)25-31)32-11-13-33(14-12-32)39-21-23-43-46(27-39)41-7-3-4-8-42(41)47-28-49-51(29-48(43)47)55-50-24-22-37-19-17-34-5-1-2-6-40(34)52(37)53(49)50/h1-29H. The normalized spacial score (nSPS) is 12.0. The first-order chi connectivity index (χ1) is 27.2. The topological polar surface area (TPSA) is 36.9 Å². The number of hydrogen-bond acceptors (Lipinski definition) is 2. The van der Waals surface area contributed by atoms with Crippen LogP contribution in [-0.2, 0) is 0 Å². The van der Waals surface area contributed by atoms with Crippen LogP contribution in [0.1, 0.15) is 5.56 Å². The summed E-state index contributed by atoms with van der Waals surface area (Å²) in [6.07, 6.45) is 0. The molecule has 12 aromatic rings. The molecule has 0 amide bonds. The summed E-state index contributed by atoms with van der Waals surface area (Å²) >= 11 is 0. The molecule has 1 heterocycles. The maximum absolute atomic E-state index is 9.54. The highest BCUT2D eigenvalue weighted by Crippen LogP contribution is 2.44. The molecule has 1 aromatic heterocycles. The summed E-state index contributed by atoms with van der Waals surface area (Å²) in [5, 5.41) is 28.8. The van der Waals surface area contributed by atoms with E-state index in [-0.39, 0.29) is 0 Å². The van der Waals surface area contributed by atoms with Crippen LogP contribution in [0, 0.1) is 11.3 Å². The van der Waals surface area contributed by atoms with E-state index in [9.17, 15) is 5.26 Å². The Hall–Kier alpha value is -7.47. The molecule has 0 atom stereocenters. The summed E-state index contributed by atoms with van der Waals surface area (Å²) in [6, 6.07) is 65.7. The van der Waals surface area contributed by atoms with Crippen molar-refractivity contribution >= 4 is 97.3 Å². The lowest BCUT2D eigenvalue weighted by molar-refractivity contribution is 0.670. The van der Waals surface area contributed by atoms with Crippen LogP contribution >= 0.6 is 0 Å². The highest BCUT2D eigenvalue weighted by atomic mass is 16.3. The van der Waals surface area contributed by atoms with Gasteiger partial charge in [0.15, 0.2) is 0 Å². The Kier molecular flexibility index (Phi) is 6.15. The fourth-order valence-corrected chi connectivity index (χ4v) is 9.14. The second-order valence-electron chi connectivity index (χ2n) is 14.8. The Morgan fingerprint density at radius 2 is 0.818 bits per heavy atom. The van der Waals surface area contributed by atoms with E-state index in [0.29, 0.717) is 5.56 Å². The van der Waals surface area contributed by atoms with Crippen LogP contribution in [0.15, 0.2) is 180 Å². The van der Waals surface area contributed by atoms with Crippen LogP contribution in [0.25, 0.3) is 120 Å². The Balaban J connectivity index is 1.01. The summed E-state index contributed by atoms with van der Waals surface area (Å²) in [7, 11) is 0. The van der Waals surface area contributed by atoms with Gasteiger partial charge < -0.3 is 4.42 Å². The van der Waals surface area contributed by atoms with E-state index < -0.39 is 0 Å². The lowest BCUT2D eigenvalue weighted by atomic mass is 9.90. The van der Waals surface area contributed by atoms with Crippen molar-refractivity contribution in [1.29, 1.82) is 5.26 Å². The molecule has 0 N–H and O–H groups in total. The minimum absolute atomic E-state index is 0.677. The van der Waals surface area contributed by atoms with E-state index in [0.717, 1.165) is 43.8 Å². The van der Waals surface area contributed by atoms with Gasteiger partial charge in [0.2, 0.25) is 0 Å². The van der Waals surface area contributed by atoms with E-state index in [1.807, 2.05) is 18.2 Å². The lowest BCUT2D eigenvalue weighted by Crippen LogP contribution is -1.86. The van der Waals surface area contributed by atoms with Crippen molar-refractivity contribution in [3.05, 3.63) is 181 Å². The zero-order valence-corrected chi connectivity index (χ0v) is 29.6. The van der Waals surface area contributed by atoms with E-state index >= 15 is 0 Å². The fraction of sp³-hybridized carbons (Fsp3) is 0. The molecule has 12 rings (SSSR count). The zero-order chi connectivity index (χ0) is 36.2. The van der Waals surface area contributed by atoms with Crippen molar-refractivity contribution in [2.24, 2.45) is 0 Å². The summed E-state index contributed by atoms with van der Waals surface area (Å²) in [5.41, 5.74) is 7.17. The van der Waals surface area contributed by atoms with Crippen molar-refractivity contribution < 1.29 is 4.42 Å². The van der Waals surface area contributed by atoms with Gasteiger partial charge in [0.25, 0.3) is 0 Å². The quantitative estimate of drug-likeness (QED) is 0.169. The summed E-state index contributed by atoms with van der Waals surface area (Å²) in [5.74, 6) is 0. The monoisotopic (exact) mass is 695 g/mol. The van der Waals surface area contributed by atoms with Gasteiger partial charge in [-0.05, 0) is 135 Å². The van der Waals surface area contributed by atoms with E-state index in [4.69, 9.17) is 4.42 Å².